The van der Waals surface area contributed by atoms with Crippen molar-refractivity contribution < 1.29 is 13.9 Å². The van der Waals surface area contributed by atoms with Crippen LogP contribution in [0.15, 0.2) is 79.3 Å². The number of nitrogens with two attached hydrogens (primary N) is 1. The summed E-state index contributed by atoms with van der Waals surface area (Å²) in [6.07, 6.45) is 6.21. The van der Waals surface area contributed by atoms with E-state index in [-0.39, 0.29) is 0 Å². The van der Waals surface area contributed by atoms with E-state index in [1.807, 2.05) is 27.8 Å². The predicted molar refractivity (Wildman–Crippen MR) is 159 cm³/mol. The summed E-state index contributed by atoms with van der Waals surface area (Å²) >= 11 is 0. The Morgan fingerprint density at radius 2 is 1.76 bits per heavy atom. The minimum Gasteiger partial charge on any atom is -0.347 e. The highest BCUT2D eigenvalue weighted by molar-refractivity contribution is 5.97. The lowest BCUT2D eigenvalue weighted by molar-refractivity contribution is -0.511. The van der Waals surface area contributed by atoms with E-state index in [1.165, 1.54) is 0 Å². The number of pyridine rings is 2. The summed E-state index contributed by atoms with van der Waals surface area (Å²) in [4.78, 5) is 9.29. The van der Waals surface area contributed by atoms with E-state index in [9.17, 15) is 0 Å². The lowest BCUT2D eigenvalue weighted by atomic mass is 9.68. The standard InChI is InChI=1S/C32H36N7O2/c1-37(2)15-6-14-34-39-30-27-19-26(23-7-4-3-5-8-23)29(36-28(27)13-16-38(30)22-35-39)24-9-11-25(12-10-24)31(33)20-32(21-31)40-17-18-41-32/h3-5,7-13,16,19,22,34H,6,14-15,17-18,20-21,33H2,1-2H3/q+1. The zero-order valence-corrected chi connectivity index (χ0v) is 23.6. The Kier molecular flexibility index (Phi) is 6.47. The minimum atomic E-state index is -0.495. The van der Waals surface area contributed by atoms with Gasteiger partial charge in [-0.2, -0.15) is 0 Å². The molecule has 0 radical (unpaired) electrons. The second-order valence-electron chi connectivity index (χ2n) is 11.5. The van der Waals surface area contributed by atoms with Gasteiger partial charge in [-0.1, -0.05) is 54.6 Å². The van der Waals surface area contributed by atoms with E-state index in [0.29, 0.717) is 26.1 Å². The molecule has 9 heteroatoms. The third kappa shape index (κ3) is 4.74. The van der Waals surface area contributed by atoms with Gasteiger partial charge in [-0.3, -0.25) is 0 Å². The van der Waals surface area contributed by atoms with E-state index in [1.54, 1.807) is 0 Å². The average molecular weight is 551 g/mol. The van der Waals surface area contributed by atoms with E-state index in [4.69, 9.17) is 20.2 Å². The number of benzene rings is 2. The topological polar surface area (TPSA) is 94.6 Å². The van der Waals surface area contributed by atoms with Crippen LogP contribution in [0.1, 0.15) is 24.8 Å². The molecule has 41 heavy (non-hydrogen) atoms. The van der Waals surface area contributed by atoms with Crippen molar-refractivity contribution in [2.45, 2.75) is 30.6 Å². The Hall–Kier alpha value is -3.89. The maximum Gasteiger partial charge on any atom is 0.300 e. The van der Waals surface area contributed by atoms with Gasteiger partial charge < -0.3 is 20.1 Å². The first-order chi connectivity index (χ1) is 19.9. The second-order valence-corrected chi connectivity index (χ2v) is 11.5. The zero-order valence-electron chi connectivity index (χ0n) is 23.6. The summed E-state index contributed by atoms with van der Waals surface area (Å²) in [6, 6.07) is 23.3. The summed E-state index contributed by atoms with van der Waals surface area (Å²) < 4.78 is 13.7. The SMILES string of the molecule is CN(C)CCCNn1nc[n+]2ccc3nc(-c4ccc(C5(N)CC6(C5)OCCO6)cc4)c(-c4ccccc4)cc3c12. The highest BCUT2D eigenvalue weighted by Gasteiger charge is 2.57. The number of ether oxygens (including phenoxy) is 2. The van der Waals surface area contributed by atoms with Gasteiger partial charge >= 0.3 is 5.65 Å². The van der Waals surface area contributed by atoms with Crippen molar-refractivity contribution in [3.05, 3.63) is 84.8 Å². The monoisotopic (exact) mass is 550 g/mol. The first kappa shape index (κ1) is 26.0. The van der Waals surface area contributed by atoms with Crippen LogP contribution in [0.5, 0.6) is 0 Å². The quantitative estimate of drug-likeness (QED) is 0.225. The number of fused-ring (bicyclic) bond motifs is 3. The molecule has 4 heterocycles. The first-order valence-corrected chi connectivity index (χ1v) is 14.3. The smallest absolute Gasteiger partial charge is 0.300 e. The number of hydrogen-bond acceptors (Lipinski definition) is 7. The molecule has 0 bridgehead atoms. The van der Waals surface area contributed by atoms with Gasteiger partial charge in [-0.05, 0) is 55.1 Å². The molecule has 2 aliphatic rings. The minimum absolute atomic E-state index is 0.442. The lowest BCUT2D eigenvalue weighted by Crippen LogP contribution is -2.60. The van der Waals surface area contributed by atoms with Crippen LogP contribution in [0.4, 0.5) is 0 Å². The highest BCUT2D eigenvalue weighted by Crippen LogP contribution is 2.51. The Labute approximate surface area is 239 Å². The van der Waals surface area contributed by atoms with Crippen LogP contribution < -0.4 is 15.6 Å². The van der Waals surface area contributed by atoms with Gasteiger partial charge in [0.15, 0.2) is 5.79 Å². The molecule has 1 aliphatic carbocycles. The summed E-state index contributed by atoms with van der Waals surface area (Å²) in [5, 5.41) is 5.64. The third-order valence-electron chi connectivity index (χ3n) is 8.27. The molecule has 9 nitrogen and oxygen atoms in total. The van der Waals surface area contributed by atoms with Crippen molar-refractivity contribution in [3.63, 3.8) is 0 Å². The van der Waals surface area contributed by atoms with E-state index >= 15 is 0 Å². The number of rotatable bonds is 8. The molecule has 3 aromatic heterocycles. The Bertz CT molecular complexity index is 1680. The predicted octanol–water partition coefficient (Wildman–Crippen LogP) is 3.69. The molecule has 5 aromatic rings. The maximum absolute atomic E-state index is 6.78. The fraction of sp³-hybridized carbons (Fsp3) is 0.344. The molecule has 1 saturated heterocycles. The van der Waals surface area contributed by atoms with Crippen LogP contribution >= 0.6 is 0 Å². The third-order valence-corrected chi connectivity index (χ3v) is 8.27. The fourth-order valence-electron chi connectivity index (χ4n) is 6.20. The molecule has 2 fully saturated rings. The van der Waals surface area contributed by atoms with Crippen molar-refractivity contribution in [3.8, 4) is 22.4 Å². The molecular formula is C32H36N7O2+. The summed E-state index contributed by atoms with van der Waals surface area (Å²) in [6.45, 7) is 3.11. The Morgan fingerprint density at radius 1 is 1.00 bits per heavy atom. The van der Waals surface area contributed by atoms with E-state index in [2.05, 4.69) is 90.2 Å². The molecule has 2 aromatic carbocycles. The molecular weight excluding hydrogens is 514 g/mol. The van der Waals surface area contributed by atoms with Crippen LogP contribution in [0.3, 0.4) is 0 Å². The largest absolute Gasteiger partial charge is 0.347 e. The second kappa shape index (κ2) is 10.2. The molecule has 0 unspecified atom stereocenters. The number of nitrogens with one attached hydrogen (secondary N) is 1. The lowest BCUT2D eigenvalue weighted by Gasteiger charge is -2.50. The van der Waals surface area contributed by atoms with Gasteiger partial charge in [0.05, 0.1) is 46.6 Å². The van der Waals surface area contributed by atoms with Crippen molar-refractivity contribution in [2.75, 3.05) is 45.8 Å². The van der Waals surface area contributed by atoms with Gasteiger partial charge in [-0.25, -0.2) is 14.8 Å². The number of aromatic nitrogens is 4. The van der Waals surface area contributed by atoms with Crippen LogP contribution in [0, 0.1) is 0 Å². The summed E-state index contributed by atoms with van der Waals surface area (Å²) in [7, 11) is 4.18. The fourth-order valence-corrected chi connectivity index (χ4v) is 6.20. The van der Waals surface area contributed by atoms with Crippen LogP contribution in [0.25, 0.3) is 38.9 Å². The van der Waals surface area contributed by atoms with Crippen molar-refractivity contribution >= 4 is 16.6 Å². The maximum atomic E-state index is 6.78. The van der Waals surface area contributed by atoms with E-state index < -0.39 is 11.3 Å². The summed E-state index contributed by atoms with van der Waals surface area (Å²) in [5.41, 5.74) is 16.9. The van der Waals surface area contributed by atoms with Gasteiger partial charge in [0.2, 0.25) is 0 Å². The molecule has 3 N–H and O–H groups in total. The van der Waals surface area contributed by atoms with Crippen LogP contribution in [-0.4, -0.2) is 66.0 Å². The van der Waals surface area contributed by atoms with Gasteiger partial charge in [0.25, 0.3) is 6.33 Å². The molecule has 1 aliphatic heterocycles. The van der Waals surface area contributed by atoms with Crippen LogP contribution in [-0.2, 0) is 15.0 Å². The van der Waals surface area contributed by atoms with Crippen molar-refractivity contribution in [1.29, 1.82) is 0 Å². The number of nitrogens with zero attached hydrogens (tertiary/aromatic N) is 5. The molecule has 7 rings (SSSR count). The normalized spacial score (nSPS) is 17.5. The molecule has 1 saturated carbocycles. The van der Waals surface area contributed by atoms with Crippen LogP contribution in [0.2, 0.25) is 0 Å². The van der Waals surface area contributed by atoms with Gasteiger partial charge in [0.1, 0.15) is 0 Å². The molecule has 0 atom stereocenters. The zero-order chi connectivity index (χ0) is 28.0. The molecule has 0 amide bonds. The highest BCUT2D eigenvalue weighted by atomic mass is 16.7. The first-order valence-electron chi connectivity index (χ1n) is 14.3. The van der Waals surface area contributed by atoms with E-state index in [0.717, 1.165) is 64.0 Å². The van der Waals surface area contributed by atoms with Crippen molar-refractivity contribution in [1.82, 2.24) is 19.8 Å². The van der Waals surface area contributed by atoms with Gasteiger partial charge in [-0.15, -0.1) is 0 Å². The Morgan fingerprint density at radius 3 is 2.49 bits per heavy atom. The average Bonchev–Trinajstić information content (AvgIpc) is 3.62. The number of hydrogen-bond donors (Lipinski definition) is 2. The van der Waals surface area contributed by atoms with Gasteiger partial charge in [0, 0.05) is 30.5 Å². The summed E-state index contributed by atoms with van der Waals surface area (Å²) in [5.74, 6) is -0.495. The molecule has 1 spiro atoms. The molecule has 210 valence electrons. The van der Waals surface area contributed by atoms with Crippen molar-refractivity contribution in [2.24, 2.45) is 5.73 Å². The Balaban J connectivity index is 1.27.